The van der Waals surface area contributed by atoms with Crippen LogP contribution in [0.4, 0.5) is 5.69 Å². The van der Waals surface area contributed by atoms with Gasteiger partial charge in [-0.25, -0.2) is 0 Å². The molecule has 25 heavy (non-hydrogen) atoms. The van der Waals surface area contributed by atoms with E-state index in [2.05, 4.69) is 10.1 Å². The highest BCUT2D eigenvalue weighted by Crippen LogP contribution is 2.29. The zero-order chi connectivity index (χ0) is 18.0. The number of halogens is 2. The molecule has 0 N–H and O–H groups in total. The summed E-state index contributed by atoms with van der Waals surface area (Å²) in [5.74, 6) is 0.541. The Labute approximate surface area is 152 Å². The van der Waals surface area contributed by atoms with Crippen molar-refractivity contribution in [2.75, 3.05) is 0 Å². The van der Waals surface area contributed by atoms with Gasteiger partial charge in [-0.05, 0) is 30.2 Å². The summed E-state index contributed by atoms with van der Waals surface area (Å²) >= 11 is 12.0. The van der Waals surface area contributed by atoms with Crippen LogP contribution in [0.2, 0.25) is 5.02 Å². The molecular weight excluding hydrogens is 365 g/mol. The normalized spacial score (nSPS) is 11.6. The maximum atomic E-state index is 10.9. The van der Waals surface area contributed by atoms with Gasteiger partial charge in [0.15, 0.2) is 0 Å². The summed E-state index contributed by atoms with van der Waals surface area (Å²) in [5.41, 5.74) is 2.13. The molecule has 126 valence electrons. The molecule has 0 fully saturated rings. The molecular formula is C17H11Cl2N3O3. The van der Waals surface area contributed by atoms with E-state index < -0.39 is 4.92 Å². The predicted octanol–water partition coefficient (Wildman–Crippen LogP) is 5.34. The highest BCUT2D eigenvalue weighted by Gasteiger charge is 2.15. The van der Waals surface area contributed by atoms with E-state index in [4.69, 9.17) is 27.7 Å². The average molecular weight is 376 g/mol. The van der Waals surface area contributed by atoms with Crippen LogP contribution in [-0.4, -0.2) is 15.1 Å². The number of benzene rings is 2. The monoisotopic (exact) mass is 375 g/mol. The first-order valence-corrected chi connectivity index (χ1v) is 7.92. The van der Waals surface area contributed by atoms with Crippen molar-refractivity contribution in [1.29, 1.82) is 0 Å². The summed E-state index contributed by atoms with van der Waals surface area (Å²) in [6.07, 6.45) is 1.50. The number of hydrogen-bond donors (Lipinski definition) is 0. The van der Waals surface area contributed by atoms with Gasteiger partial charge >= 0.3 is 0 Å². The minimum atomic E-state index is -0.559. The van der Waals surface area contributed by atoms with Crippen LogP contribution in [0, 0.1) is 17.0 Å². The fourth-order valence-corrected chi connectivity index (χ4v) is 2.61. The molecule has 0 bridgehead atoms. The second kappa shape index (κ2) is 7.04. The summed E-state index contributed by atoms with van der Waals surface area (Å²) in [7, 11) is 0. The van der Waals surface area contributed by atoms with Crippen LogP contribution in [0.5, 0.6) is 0 Å². The summed E-state index contributed by atoms with van der Waals surface area (Å²) in [6.45, 7) is 1.94. The Kier molecular flexibility index (Phi) is 4.83. The van der Waals surface area contributed by atoms with Crippen LogP contribution >= 0.6 is 23.2 Å². The molecule has 0 saturated carbocycles. The van der Waals surface area contributed by atoms with E-state index in [-0.39, 0.29) is 21.6 Å². The van der Waals surface area contributed by atoms with Crippen molar-refractivity contribution in [2.45, 2.75) is 6.92 Å². The number of rotatable bonds is 4. The van der Waals surface area contributed by atoms with Gasteiger partial charge in [0.1, 0.15) is 10.1 Å². The molecule has 3 rings (SSSR count). The minimum Gasteiger partial charge on any atom is -0.333 e. The fourth-order valence-electron chi connectivity index (χ4n) is 2.22. The molecule has 2 aromatic carbocycles. The molecule has 1 heterocycles. The van der Waals surface area contributed by atoms with E-state index in [0.29, 0.717) is 11.4 Å². The van der Waals surface area contributed by atoms with E-state index >= 15 is 0 Å². The van der Waals surface area contributed by atoms with Gasteiger partial charge in [-0.3, -0.25) is 10.1 Å². The van der Waals surface area contributed by atoms with Gasteiger partial charge in [-0.2, -0.15) is 4.98 Å². The number of nitrogens with zero attached hydrogens (tertiary/aromatic N) is 3. The Morgan fingerprint density at radius 1 is 1.28 bits per heavy atom. The molecule has 0 atom stereocenters. The van der Waals surface area contributed by atoms with Gasteiger partial charge in [0.2, 0.25) is 5.82 Å². The third-order valence-electron chi connectivity index (χ3n) is 3.48. The van der Waals surface area contributed by atoms with Crippen LogP contribution in [-0.2, 0) is 0 Å². The lowest BCUT2D eigenvalue weighted by Gasteiger charge is -1.98. The molecule has 3 aromatic rings. The van der Waals surface area contributed by atoms with Crippen LogP contribution < -0.4 is 0 Å². The molecule has 0 spiro atoms. The molecule has 0 saturated heterocycles. The summed E-state index contributed by atoms with van der Waals surface area (Å²) in [6, 6.07) is 12.0. The summed E-state index contributed by atoms with van der Waals surface area (Å²) in [4.78, 5) is 14.7. The first-order chi connectivity index (χ1) is 12.0. The van der Waals surface area contributed by atoms with Crippen LogP contribution in [0.1, 0.15) is 17.0 Å². The zero-order valence-corrected chi connectivity index (χ0v) is 14.5. The summed E-state index contributed by atoms with van der Waals surface area (Å²) < 4.78 is 5.19. The number of nitro groups is 1. The first-order valence-electron chi connectivity index (χ1n) is 7.17. The molecule has 0 amide bonds. The van der Waals surface area contributed by atoms with Crippen molar-refractivity contribution in [1.82, 2.24) is 10.1 Å². The number of aryl methyl sites for hydroxylation is 1. The lowest BCUT2D eigenvalue weighted by molar-refractivity contribution is -0.384. The Morgan fingerprint density at radius 2 is 2.04 bits per heavy atom. The quantitative estimate of drug-likeness (QED) is 0.453. The fraction of sp³-hybridized carbons (Fsp3) is 0.0588. The lowest BCUT2D eigenvalue weighted by atomic mass is 10.1. The standard InChI is InChI=1S/C17H11Cl2N3O3/c1-10-4-2-3-5-12(10)16-20-17(25-21-16)14(19)8-11-6-7-13(18)15(9-11)22(23)24/h2-9H,1H3/b14-8-. The van der Waals surface area contributed by atoms with Crippen molar-refractivity contribution in [3.8, 4) is 11.4 Å². The summed E-state index contributed by atoms with van der Waals surface area (Å²) in [5, 5.41) is 15.1. The zero-order valence-electron chi connectivity index (χ0n) is 12.9. The largest absolute Gasteiger partial charge is 0.333 e. The van der Waals surface area contributed by atoms with Crippen molar-refractivity contribution in [2.24, 2.45) is 0 Å². The highest BCUT2D eigenvalue weighted by atomic mass is 35.5. The molecule has 8 heteroatoms. The smallest absolute Gasteiger partial charge is 0.288 e. The molecule has 0 unspecified atom stereocenters. The van der Waals surface area contributed by atoms with E-state index in [0.717, 1.165) is 11.1 Å². The van der Waals surface area contributed by atoms with Crippen molar-refractivity contribution < 1.29 is 9.45 Å². The third-order valence-corrected chi connectivity index (χ3v) is 4.07. The Hall–Kier alpha value is -2.70. The maximum Gasteiger partial charge on any atom is 0.288 e. The van der Waals surface area contributed by atoms with Crippen LogP contribution in [0.3, 0.4) is 0 Å². The average Bonchev–Trinajstić information content (AvgIpc) is 3.06. The lowest BCUT2D eigenvalue weighted by Crippen LogP contribution is -1.89. The van der Waals surface area contributed by atoms with Gasteiger partial charge in [0.25, 0.3) is 11.6 Å². The molecule has 0 radical (unpaired) electrons. The van der Waals surface area contributed by atoms with Crippen molar-refractivity contribution in [3.63, 3.8) is 0 Å². The van der Waals surface area contributed by atoms with Gasteiger partial charge in [0.05, 0.1) is 4.92 Å². The predicted molar refractivity (Wildman–Crippen MR) is 96.3 cm³/mol. The van der Waals surface area contributed by atoms with Gasteiger partial charge < -0.3 is 4.52 Å². The molecule has 1 aromatic heterocycles. The van der Waals surface area contributed by atoms with Crippen LogP contribution in [0.25, 0.3) is 22.5 Å². The van der Waals surface area contributed by atoms with Crippen LogP contribution in [0.15, 0.2) is 47.0 Å². The van der Waals surface area contributed by atoms with E-state index in [1.54, 1.807) is 6.07 Å². The van der Waals surface area contributed by atoms with E-state index in [1.165, 1.54) is 18.2 Å². The Morgan fingerprint density at radius 3 is 2.76 bits per heavy atom. The van der Waals surface area contributed by atoms with Crippen molar-refractivity contribution in [3.05, 3.63) is 74.6 Å². The van der Waals surface area contributed by atoms with E-state index in [1.807, 2.05) is 31.2 Å². The molecule has 0 aliphatic rings. The first kappa shape index (κ1) is 17.1. The molecule has 6 nitrogen and oxygen atoms in total. The van der Waals surface area contributed by atoms with Gasteiger partial charge in [0, 0.05) is 11.6 Å². The second-order valence-electron chi connectivity index (χ2n) is 5.20. The van der Waals surface area contributed by atoms with Crippen molar-refractivity contribution >= 4 is 40.0 Å². The Balaban J connectivity index is 1.93. The minimum absolute atomic E-state index is 0.0536. The van der Waals surface area contributed by atoms with Gasteiger partial charge in [-0.1, -0.05) is 58.7 Å². The van der Waals surface area contributed by atoms with E-state index in [9.17, 15) is 10.1 Å². The third kappa shape index (κ3) is 3.70. The Bertz CT molecular complexity index is 983. The number of hydrogen-bond acceptors (Lipinski definition) is 5. The molecule has 0 aliphatic heterocycles. The van der Waals surface area contributed by atoms with Gasteiger partial charge in [-0.15, -0.1) is 0 Å². The SMILES string of the molecule is Cc1ccccc1-c1noc(/C(Cl)=C/c2ccc(Cl)c([N+](=O)[O-])c2)n1. The maximum absolute atomic E-state index is 10.9. The second-order valence-corrected chi connectivity index (χ2v) is 6.01. The highest BCUT2D eigenvalue weighted by molar-refractivity contribution is 6.50. The number of nitro benzene ring substituents is 1. The molecule has 0 aliphatic carbocycles. The number of aromatic nitrogens is 2. The topological polar surface area (TPSA) is 82.1 Å².